The SMILES string of the molecule is COCc1nc(-c2ccc(C)cc2Br)nc(N)c1Br. The van der Waals surface area contributed by atoms with Gasteiger partial charge in [0, 0.05) is 17.1 Å². The predicted octanol–water partition coefficient (Wildman–Crippen LogP) is 3.71. The summed E-state index contributed by atoms with van der Waals surface area (Å²) in [6, 6.07) is 6.00. The second kappa shape index (κ2) is 5.98. The Hall–Kier alpha value is -0.980. The van der Waals surface area contributed by atoms with Gasteiger partial charge in [-0.25, -0.2) is 9.97 Å². The zero-order valence-corrected chi connectivity index (χ0v) is 13.7. The third kappa shape index (κ3) is 3.13. The molecule has 4 nitrogen and oxygen atoms in total. The largest absolute Gasteiger partial charge is 0.383 e. The molecule has 0 bridgehead atoms. The Morgan fingerprint density at radius 2 is 2.00 bits per heavy atom. The zero-order chi connectivity index (χ0) is 14.0. The molecule has 0 saturated carbocycles. The van der Waals surface area contributed by atoms with Crippen LogP contribution in [0.4, 0.5) is 5.82 Å². The minimum absolute atomic E-state index is 0.379. The van der Waals surface area contributed by atoms with E-state index in [1.165, 1.54) is 0 Å². The number of hydrogen-bond donors (Lipinski definition) is 1. The Bertz CT molecular complexity index is 617. The van der Waals surface area contributed by atoms with Gasteiger partial charge in [0.2, 0.25) is 0 Å². The van der Waals surface area contributed by atoms with Gasteiger partial charge in [0.1, 0.15) is 5.82 Å². The van der Waals surface area contributed by atoms with Gasteiger partial charge in [0.25, 0.3) is 0 Å². The molecule has 0 radical (unpaired) electrons. The molecule has 0 spiro atoms. The predicted molar refractivity (Wildman–Crippen MR) is 82.7 cm³/mol. The van der Waals surface area contributed by atoms with E-state index in [1.807, 2.05) is 25.1 Å². The van der Waals surface area contributed by atoms with E-state index < -0.39 is 0 Å². The Kier molecular flexibility index (Phi) is 4.54. The molecule has 100 valence electrons. The summed E-state index contributed by atoms with van der Waals surface area (Å²) in [5, 5.41) is 0. The molecule has 2 aromatic rings. The van der Waals surface area contributed by atoms with Crippen molar-refractivity contribution >= 4 is 37.7 Å². The van der Waals surface area contributed by atoms with Crippen LogP contribution in [0.15, 0.2) is 27.1 Å². The average Bonchev–Trinajstić information content (AvgIpc) is 2.35. The van der Waals surface area contributed by atoms with Crippen molar-refractivity contribution in [3.63, 3.8) is 0 Å². The van der Waals surface area contributed by atoms with Crippen molar-refractivity contribution in [3.8, 4) is 11.4 Å². The molecule has 19 heavy (non-hydrogen) atoms. The standard InChI is InChI=1S/C13H13Br2N3O/c1-7-3-4-8(9(14)5-7)13-17-10(6-19-2)11(15)12(16)18-13/h3-5H,6H2,1-2H3,(H2,16,17,18). The van der Waals surface area contributed by atoms with Crippen molar-refractivity contribution in [1.82, 2.24) is 9.97 Å². The first kappa shape index (κ1) is 14.4. The minimum Gasteiger partial charge on any atom is -0.383 e. The van der Waals surface area contributed by atoms with E-state index in [-0.39, 0.29) is 0 Å². The first-order valence-electron chi connectivity index (χ1n) is 5.60. The highest BCUT2D eigenvalue weighted by Gasteiger charge is 2.13. The van der Waals surface area contributed by atoms with Crippen LogP contribution in [-0.4, -0.2) is 17.1 Å². The molecule has 6 heteroatoms. The molecule has 0 saturated heterocycles. The number of methoxy groups -OCH3 is 1. The number of nitrogens with two attached hydrogens (primary N) is 1. The van der Waals surface area contributed by atoms with Gasteiger partial charge >= 0.3 is 0 Å². The summed E-state index contributed by atoms with van der Waals surface area (Å²) in [5.74, 6) is 0.990. The van der Waals surface area contributed by atoms with Crippen molar-refractivity contribution < 1.29 is 4.74 Å². The minimum atomic E-state index is 0.379. The maximum atomic E-state index is 5.90. The molecule has 0 unspecified atom stereocenters. The van der Waals surface area contributed by atoms with Crippen LogP contribution < -0.4 is 5.73 Å². The molecule has 0 fully saturated rings. The molecule has 0 aliphatic carbocycles. The van der Waals surface area contributed by atoms with Gasteiger partial charge in [0.15, 0.2) is 5.82 Å². The van der Waals surface area contributed by atoms with E-state index in [4.69, 9.17) is 10.5 Å². The van der Waals surface area contributed by atoms with Crippen LogP contribution >= 0.6 is 31.9 Å². The summed E-state index contributed by atoms with van der Waals surface area (Å²) < 4.78 is 6.74. The van der Waals surface area contributed by atoms with Gasteiger partial charge in [0.05, 0.1) is 16.8 Å². The summed E-state index contributed by atoms with van der Waals surface area (Å²) >= 11 is 6.90. The molecule has 2 rings (SSSR count). The van der Waals surface area contributed by atoms with E-state index in [1.54, 1.807) is 7.11 Å². The lowest BCUT2D eigenvalue weighted by Crippen LogP contribution is -2.04. The van der Waals surface area contributed by atoms with Gasteiger partial charge in [-0.2, -0.15) is 0 Å². The molecule has 0 aliphatic heterocycles. The lowest BCUT2D eigenvalue weighted by molar-refractivity contribution is 0.181. The number of anilines is 1. The van der Waals surface area contributed by atoms with Crippen LogP contribution in [0, 0.1) is 6.92 Å². The number of rotatable bonds is 3. The van der Waals surface area contributed by atoms with Crippen LogP contribution in [-0.2, 0) is 11.3 Å². The summed E-state index contributed by atoms with van der Waals surface area (Å²) in [6.07, 6.45) is 0. The number of ether oxygens (including phenoxy) is 1. The van der Waals surface area contributed by atoms with Crippen LogP contribution in [0.2, 0.25) is 0 Å². The maximum absolute atomic E-state index is 5.90. The summed E-state index contributed by atoms with van der Waals surface area (Å²) in [4.78, 5) is 8.80. The maximum Gasteiger partial charge on any atom is 0.163 e. The van der Waals surface area contributed by atoms with E-state index in [9.17, 15) is 0 Å². The second-order valence-electron chi connectivity index (χ2n) is 4.11. The number of nitrogen functional groups attached to an aromatic ring is 1. The summed E-state index contributed by atoms with van der Waals surface area (Å²) in [6.45, 7) is 2.41. The third-order valence-corrected chi connectivity index (χ3v) is 4.11. The smallest absolute Gasteiger partial charge is 0.163 e. The van der Waals surface area contributed by atoms with E-state index in [0.717, 1.165) is 21.3 Å². The number of nitrogens with zero attached hydrogens (tertiary/aromatic N) is 2. The Morgan fingerprint density at radius 1 is 1.26 bits per heavy atom. The molecular formula is C13H13Br2N3O. The quantitative estimate of drug-likeness (QED) is 0.873. The summed E-state index contributed by atoms with van der Waals surface area (Å²) in [5.41, 5.74) is 8.70. The molecule has 1 aromatic carbocycles. The normalized spacial score (nSPS) is 10.7. The molecular weight excluding hydrogens is 374 g/mol. The van der Waals surface area contributed by atoms with Crippen LogP contribution in [0.3, 0.4) is 0 Å². The number of benzene rings is 1. The fraction of sp³-hybridized carbons (Fsp3) is 0.231. The van der Waals surface area contributed by atoms with Gasteiger partial charge < -0.3 is 10.5 Å². The Balaban J connectivity index is 2.56. The summed E-state index contributed by atoms with van der Waals surface area (Å²) in [7, 11) is 1.62. The van der Waals surface area contributed by atoms with Gasteiger partial charge in [-0.15, -0.1) is 0 Å². The number of aryl methyl sites for hydroxylation is 1. The lowest BCUT2D eigenvalue weighted by Gasteiger charge is -2.10. The lowest BCUT2D eigenvalue weighted by atomic mass is 10.1. The molecule has 2 N–H and O–H groups in total. The molecule has 0 amide bonds. The third-order valence-electron chi connectivity index (χ3n) is 2.59. The van der Waals surface area contributed by atoms with Gasteiger partial charge in [-0.1, -0.05) is 22.0 Å². The highest BCUT2D eigenvalue weighted by Crippen LogP contribution is 2.30. The molecule has 0 aliphatic rings. The van der Waals surface area contributed by atoms with Crippen LogP contribution in [0.5, 0.6) is 0 Å². The van der Waals surface area contributed by atoms with Crippen molar-refractivity contribution in [2.24, 2.45) is 0 Å². The van der Waals surface area contributed by atoms with E-state index in [2.05, 4.69) is 41.8 Å². The van der Waals surface area contributed by atoms with E-state index >= 15 is 0 Å². The Morgan fingerprint density at radius 3 is 2.63 bits per heavy atom. The van der Waals surface area contributed by atoms with Crippen molar-refractivity contribution in [1.29, 1.82) is 0 Å². The van der Waals surface area contributed by atoms with Crippen LogP contribution in [0.25, 0.3) is 11.4 Å². The van der Waals surface area contributed by atoms with Crippen molar-refractivity contribution in [2.45, 2.75) is 13.5 Å². The van der Waals surface area contributed by atoms with Gasteiger partial charge in [-0.3, -0.25) is 0 Å². The van der Waals surface area contributed by atoms with E-state index in [0.29, 0.717) is 22.7 Å². The van der Waals surface area contributed by atoms with Crippen LogP contribution in [0.1, 0.15) is 11.3 Å². The fourth-order valence-corrected chi connectivity index (χ4v) is 2.63. The van der Waals surface area contributed by atoms with Crippen molar-refractivity contribution in [2.75, 3.05) is 12.8 Å². The molecule has 1 aromatic heterocycles. The fourth-order valence-electron chi connectivity index (χ4n) is 1.67. The van der Waals surface area contributed by atoms with Crippen molar-refractivity contribution in [3.05, 3.63) is 38.4 Å². The highest BCUT2D eigenvalue weighted by molar-refractivity contribution is 9.11. The number of hydrogen-bond acceptors (Lipinski definition) is 4. The Labute approximate surface area is 128 Å². The zero-order valence-electron chi connectivity index (χ0n) is 10.6. The number of halogens is 2. The average molecular weight is 387 g/mol. The van der Waals surface area contributed by atoms with Gasteiger partial charge in [-0.05, 0) is 40.5 Å². The molecule has 1 heterocycles. The number of aromatic nitrogens is 2. The topological polar surface area (TPSA) is 61.0 Å². The molecule has 0 atom stereocenters. The second-order valence-corrected chi connectivity index (χ2v) is 5.76. The first-order chi connectivity index (χ1) is 9.02. The first-order valence-corrected chi connectivity index (χ1v) is 7.19. The monoisotopic (exact) mass is 385 g/mol. The highest BCUT2D eigenvalue weighted by atomic mass is 79.9.